The van der Waals surface area contributed by atoms with E-state index in [1.807, 2.05) is 4.90 Å². The number of piperazine rings is 1. The monoisotopic (exact) mass is 308 g/mol. The molecule has 0 spiro atoms. The average molecular weight is 308 g/mol. The predicted octanol–water partition coefficient (Wildman–Crippen LogP) is 2.01. The smallest absolute Gasteiger partial charge is 0.328 e. The molecule has 1 atom stereocenters. The lowest BCUT2D eigenvalue weighted by molar-refractivity contribution is -0.131. The number of carboxylic acid groups (broad SMARTS) is 1. The van der Waals surface area contributed by atoms with Crippen LogP contribution in [0.15, 0.2) is 17.5 Å². The van der Waals surface area contributed by atoms with Gasteiger partial charge in [-0.05, 0) is 25.6 Å². The zero-order chi connectivity index (χ0) is 15.4. The van der Waals surface area contributed by atoms with E-state index < -0.39 is 5.97 Å². The van der Waals surface area contributed by atoms with Gasteiger partial charge in [-0.1, -0.05) is 6.92 Å². The Kier molecular flexibility index (Phi) is 5.14. The van der Waals surface area contributed by atoms with Crippen LogP contribution < -0.4 is 0 Å². The molecular weight excluding hydrogens is 288 g/mol. The van der Waals surface area contributed by atoms with Gasteiger partial charge in [0.1, 0.15) is 0 Å². The minimum absolute atomic E-state index is 0.0313. The van der Waals surface area contributed by atoms with Crippen LogP contribution >= 0.6 is 11.3 Å². The van der Waals surface area contributed by atoms with E-state index in [0.29, 0.717) is 11.6 Å². The number of amides is 1. The summed E-state index contributed by atoms with van der Waals surface area (Å²) < 4.78 is 0. The molecule has 6 heteroatoms. The fraction of sp³-hybridized carbons (Fsp3) is 0.467. The summed E-state index contributed by atoms with van der Waals surface area (Å²) in [5.41, 5.74) is 0.641. The predicted molar refractivity (Wildman–Crippen MR) is 83.6 cm³/mol. The van der Waals surface area contributed by atoms with Crippen molar-refractivity contribution in [3.63, 3.8) is 0 Å². The van der Waals surface area contributed by atoms with Crippen LogP contribution in [-0.2, 0) is 4.79 Å². The topological polar surface area (TPSA) is 60.9 Å². The molecule has 114 valence electrons. The summed E-state index contributed by atoms with van der Waals surface area (Å²) in [4.78, 5) is 28.0. The lowest BCUT2D eigenvalue weighted by Crippen LogP contribution is -2.53. The number of rotatable bonds is 4. The van der Waals surface area contributed by atoms with Crippen molar-refractivity contribution in [2.45, 2.75) is 19.9 Å². The molecule has 2 rings (SSSR count). The Morgan fingerprint density at radius 1 is 1.48 bits per heavy atom. The highest BCUT2D eigenvalue weighted by molar-refractivity contribution is 7.11. The van der Waals surface area contributed by atoms with E-state index in [1.165, 1.54) is 17.4 Å². The first-order valence-corrected chi connectivity index (χ1v) is 7.92. The Morgan fingerprint density at radius 3 is 2.86 bits per heavy atom. The maximum atomic E-state index is 12.5. The van der Waals surface area contributed by atoms with Gasteiger partial charge in [0.15, 0.2) is 0 Å². The highest BCUT2D eigenvalue weighted by Gasteiger charge is 2.26. The molecule has 21 heavy (non-hydrogen) atoms. The number of hydrogen-bond donors (Lipinski definition) is 1. The largest absolute Gasteiger partial charge is 0.478 e. The summed E-state index contributed by atoms with van der Waals surface area (Å²) in [6, 6.07) is 2.13. The molecule has 2 heterocycles. The molecule has 1 aliphatic heterocycles. The van der Waals surface area contributed by atoms with E-state index in [2.05, 4.69) is 18.7 Å². The van der Waals surface area contributed by atoms with E-state index in [1.54, 1.807) is 11.4 Å². The van der Waals surface area contributed by atoms with Crippen molar-refractivity contribution in [2.75, 3.05) is 26.2 Å². The number of nitrogens with zero attached hydrogens (tertiary/aromatic N) is 2. The quantitative estimate of drug-likeness (QED) is 0.864. The molecule has 0 aromatic carbocycles. The van der Waals surface area contributed by atoms with Gasteiger partial charge in [-0.25, -0.2) is 4.79 Å². The first-order chi connectivity index (χ1) is 10.0. The summed E-state index contributed by atoms with van der Waals surface area (Å²) in [7, 11) is 0. The van der Waals surface area contributed by atoms with Crippen molar-refractivity contribution in [3.8, 4) is 0 Å². The van der Waals surface area contributed by atoms with Crippen molar-refractivity contribution in [1.29, 1.82) is 0 Å². The minimum atomic E-state index is -0.985. The van der Waals surface area contributed by atoms with Gasteiger partial charge in [-0.3, -0.25) is 9.69 Å². The Hall–Kier alpha value is -1.66. The van der Waals surface area contributed by atoms with Crippen molar-refractivity contribution in [1.82, 2.24) is 9.80 Å². The van der Waals surface area contributed by atoms with Crippen molar-refractivity contribution in [2.24, 2.45) is 0 Å². The average Bonchev–Trinajstić information content (AvgIpc) is 2.93. The van der Waals surface area contributed by atoms with Gasteiger partial charge in [0.2, 0.25) is 0 Å². The molecular formula is C15H20N2O3S. The Bertz CT molecular complexity index is 553. The standard InChI is InChI=1S/C15H20N2O3S/c1-3-16-6-7-17(9-11(16)2)15(20)12-8-13(21-10-12)4-5-14(18)19/h4-5,8,10-11H,3,6-7,9H2,1-2H3,(H,18,19). The summed E-state index contributed by atoms with van der Waals surface area (Å²) in [6.45, 7) is 7.66. The lowest BCUT2D eigenvalue weighted by Gasteiger charge is -2.39. The second-order valence-corrected chi connectivity index (χ2v) is 6.08. The van der Waals surface area contributed by atoms with E-state index >= 15 is 0 Å². The summed E-state index contributed by atoms with van der Waals surface area (Å²) in [5, 5.41) is 10.4. The maximum absolute atomic E-state index is 12.5. The third-order valence-electron chi connectivity index (χ3n) is 3.72. The van der Waals surface area contributed by atoms with E-state index in [9.17, 15) is 9.59 Å². The number of aliphatic carboxylic acids is 1. The number of thiophene rings is 1. The second kappa shape index (κ2) is 6.87. The van der Waals surface area contributed by atoms with Gasteiger partial charge >= 0.3 is 5.97 Å². The molecule has 1 amide bonds. The van der Waals surface area contributed by atoms with Crippen LogP contribution in [0.1, 0.15) is 29.1 Å². The van der Waals surface area contributed by atoms with Crippen LogP contribution in [0.4, 0.5) is 0 Å². The number of likely N-dealkylation sites (N-methyl/N-ethyl adjacent to an activating group) is 1. The van der Waals surface area contributed by atoms with Crippen LogP contribution in [-0.4, -0.2) is 59.0 Å². The van der Waals surface area contributed by atoms with Gasteiger partial charge in [0, 0.05) is 42.0 Å². The highest BCUT2D eigenvalue weighted by Crippen LogP contribution is 2.19. The molecule has 0 saturated carbocycles. The van der Waals surface area contributed by atoms with Gasteiger partial charge in [-0.15, -0.1) is 11.3 Å². The molecule has 0 bridgehead atoms. The van der Waals surface area contributed by atoms with Crippen molar-refractivity contribution >= 4 is 29.3 Å². The SMILES string of the molecule is CCN1CCN(C(=O)c2csc(C=CC(=O)O)c2)CC1C. The van der Waals surface area contributed by atoms with E-state index in [4.69, 9.17) is 5.11 Å². The summed E-state index contributed by atoms with van der Waals surface area (Å²) in [6.07, 6.45) is 2.60. The number of carbonyl (C=O) groups excluding carboxylic acids is 1. The molecule has 1 N–H and O–H groups in total. The van der Waals surface area contributed by atoms with Crippen LogP contribution in [0.3, 0.4) is 0 Å². The molecule has 5 nitrogen and oxygen atoms in total. The first kappa shape index (κ1) is 15.7. The van der Waals surface area contributed by atoms with Crippen molar-refractivity contribution in [3.05, 3.63) is 28.0 Å². The Labute approximate surface area is 128 Å². The number of carbonyl (C=O) groups is 2. The summed E-state index contributed by atoms with van der Waals surface area (Å²) >= 11 is 1.38. The second-order valence-electron chi connectivity index (χ2n) is 5.14. The minimum Gasteiger partial charge on any atom is -0.478 e. The van der Waals surface area contributed by atoms with Crippen molar-refractivity contribution < 1.29 is 14.7 Å². The fourth-order valence-corrected chi connectivity index (χ4v) is 3.31. The van der Waals surface area contributed by atoms with Gasteiger partial charge in [0.05, 0.1) is 5.56 Å². The normalized spacial score (nSPS) is 20.1. The fourth-order valence-electron chi connectivity index (χ4n) is 2.54. The Balaban J connectivity index is 2.02. The molecule has 1 aromatic rings. The molecule has 0 radical (unpaired) electrons. The third kappa shape index (κ3) is 3.92. The molecule has 0 aliphatic carbocycles. The number of carboxylic acids is 1. The van der Waals surface area contributed by atoms with E-state index in [-0.39, 0.29) is 5.91 Å². The molecule has 1 saturated heterocycles. The molecule has 1 aromatic heterocycles. The van der Waals surface area contributed by atoms with Crippen LogP contribution in [0.25, 0.3) is 6.08 Å². The summed E-state index contributed by atoms with van der Waals surface area (Å²) in [5.74, 6) is -0.954. The third-order valence-corrected chi connectivity index (χ3v) is 4.61. The van der Waals surface area contributed by atoms with Crippen LogP contribution in [0.5, 0.6) is 0 Å². The molecule has 1 aliphatic rings. The van der Waals surface area contributed by atoms with Gasteiger partial charge in [-0.2, -0.15) is 0 Å². The zero-order valence-electron chi connectivity index (χ0n) is 12.3. The zero-order valence-corrected chi connectivity index (χ0v) is 13.1. The first-order valence-electron chi connectivity index (χ1n) is 7.04. The molecule has 1 unspecified atom stereocenters. The van der Waals surface area contributed by atoms with Crippen LogP contribution in [0, 0.1) is 0 Å². The molecule has 1 fully saturated rings. The lowest BCUT2D eigenvalue weighted by atomic mass is 10.1. The number of hydrogen-bond acceptors (Lipinski definition) is 4. The van der Waals surface area contributed by atoms with Gasteiger partial charge < -0.3 is 10.0 Å². The Morgan fingerprint density at radius 2 is 2.24 bits per heavy atom. The van der Waals surface area contributed by atoms with Gasteiger partial charge in [0.25, 0.3) is 5.91 Å². The highest BCUT2D eigenvalue weighted by atomic mass is 32.1. The maximum Gasteiger partial charge on any atom is 0.328 e. The van der Waals surface area contributed by atoms with Crippen LogP contribution in [0.2, 0.25) is 0 Å². The van der Waals surface area contributed by atoms with E-state index in [0.717, 1.165) is 37.1 Å².